The molecule has 1 fully saturated rings. The van der Waals surface area contributed by atoms with E-state index < -0.39 is 71.0 Å². The lowest BCUT2D eigenvalue weighted by molar-refractivity contribution is -0.180. The monoisotopic (exact) mass is 659 g/mol. The number of ether oxygens (including phenoxy) is 6. The number of rotatable bonds is 8. The van der Waals surface area contributed by atoms with Crippen LogP contribution in [0.5, 0.6) is 5.75 Å². The minimum absolute atomic E-state index is 0.141. The second-order valence-electron chi connectivity index (χ2n) is 14.8. The van der Waals surface area contributed by atoms with Crippen molar-refractivity contribution < 1.29 is 57.8 Å². The first-order valence-electron chi connectivity index (χ1n) is 15.9. The Morgan fingerprint density at radius 1 is 1.04 bits per heavy atom. The zero-order valence-electron chi connectivity index (χ0n) is 28.2. The minimum atomic E-state index is -1.82. The van der Waals surface area contributed by atoms with Crippen LogP contribution >= 0.6 is 0 Å². The van der Waals surface area contributed by atoms with Gasteiger partial charge in [-0.3, -0.25) is 4.79 Å². The van der Waals surface area contributed by atoms with Crippen LogP contribution in [0.1, 0.15) is 84.4 Å². The molecule has 2 heterocycles. The molecule has 1 spiro atoms. The number of carbonyl (C=O) groups excluding carboxylic acids is 4. The van der Waals surface area contributed by atoms with E-state index in [0.29, 0.717) is 30.7 Å². The van der Waals surface area contributed by atoms with Crippen LogP contribution in [0.25, 0.3) is 0 Å². The van der Waals surface area contributed by atoms with Crippen molar-refractivity contribution in [1.82, 2.24) is 4.90 Å². The molecule has 0 saturated carbocycles. The van der Waals surface area contributed by atoms with Crippen molar-refractivity contribution in [1.29, 1.82) is 0 Å². The summed E-state index contributed by atoms with van der Waals surface area (Å²) in [5.74, 6) is -2.33. The maximum Gasteiger partial charge on any atom is 0.509 e. The number of likely N-dealkylation sites (N-methyl/N-ethyl adjacent to an activating group) is 1. The number of hydrogen-bond donors (Lipinski definition) is 2. The summed E-state index contributed by atoms with van der Waals surface area (Å²) in [6.07, 6.45) is -3.20. The number of nitrogens with zero attached hydrogens (tertiary/aromatic N) is 1. The topological polar surface area (TPSA) is 167 Å². The Kier molecular flexibility index (Phi) is 8.91. The van der Waals surface area contributed by atoms with Crippen molar-refractivity contribution in [3.05, 3.63) is 40.7 Å². The number of piperidine rings is 1. The van der Waals surface area contributed by atoms with E-state index in [1.807, 2.05) is 13.1 Å². The van der Waals surface area contributed by atoms with Gasteiger partial charge in [0.2, 0.25) is 6.10 Å². The molecule has 0 unspecified atom stereocenters. The third kappa shape index (κ3) is 6.32. The van der Waals surface area contributed by atoms with Crippen molar-refractivity contribution >= 4 is 24.1 Å². The van der Waals surface area contributed by atoms with E-state index in [4.69, 9.17) is 28.4 Å². The summed E-state index contributed by atoms with van der Waals surface area (Å²) in [5, 5.41) is 22.5. The van der Waals surface area contributed by atoms with Crippen LogP contribution in [0.2, 0.25) is 0 Å². The number of likely N-dealkylation sites (tertiary alicyclic amines) is 1. The van der Waals surface area contributed by atoms with Gasteiger partial charge in [-0.15, -0.1) is 0 Å². The molecule has 13 nitrogen and oxygen atoms in total. The van der Waals surface area contributed by atoms with E-state index in [1.54, 1.807) is 53.7 Å². The van der Waals surface area contributed by atoms with Gasteiger partial charge in [0, 0.05) is 23.6 Å². The highest BCUT2D eigenvalue weighted by molar-refractivity contribution is 5.86. The quantitative estimate of drug-likeness (QED) is 0.309. The van der Waals surface area contributed by atoms with Gasteiger partial charge in [0.1, 0.15) is 22.7 Å². The van der Waals surface area contributed by atoms with E-state index >= 15 is 0 Å². The van der Waals surface area contributed by atoms with Gasteiger partial charge in [0.15, 0.2) is 12.2 Å². The van der Waals surface area contributed by atoms with Gasteiger partial charge in [-0.2, -0.15) is 0 Å². The molecule has 13 heteroatoms. The Hall–Kier alpha value is -3.68. The highest BCUT2D eigenvalue weighted by atomic mass is 16.7. The number of carbonyl (C=O) groups is 4. The third-order valence-corrected chi connectivity index (χ3v) is 9.13. The zero-order chi connectivity index (χ0) is 34.7. The van der Waals surface area contributed by atoms with Crippen LogP contribution in [0.4, 0.5) is 4.79 Å². The molecule has 4 aliphatic rings. The molecular formula is C34H45NO12. The smallest absolute Gasteiger partial charge is 0.481 e. The fraction of sp³-hybridized carbons (Fsp3) is 0.647. The molecule has 0 amide bonds. The fourth-order valence-corrected chi connectivity index (χ4v) is 7.20. The predicted octanol–water partition coefficient (Wildman–Crippen LogP) is 2.98. The van der Waals surface area contributed by atoms with Crippen LogP contribution in [-0.2, 0) is 56.5 Å². The zero-order valence-corrected chi connectivity index (χ0v) is 28.2. The molecule has 47 heavy (non-hydrogen) atoms. The molecule has 258 valence electrons. The summed E-state index contributed by atoms with van der Waals surface area (Å²) in [6, 6.07) is 3.54. The second kappa shape index (κ2) is 12.1. The Bertz CT molecular complexity index is 1490. The average Bonchev–Trinajstić information content (AvgIpc) is 3.30. The normalized spacial score (nSPS) is 27.3. The Balaban J connectivity index is 1.39. The lowest BCUT2D eigenvalue weighted by atomic mass is 9.50. The van der Waals surface area contributed by atoms with Gasteiger partial charge in [-0.1, -0.05) is 12.1 Å². The predicted molar refractivity (Wildman–Crippen MR) is 164 cm³/mol. The molecule has 6 atom stereocenters. The van der Waals surface area contributed by atoms with Gasteiger partial charge >= 0.3 is 24.1 Å². The van der Waals surface area contributed by atoms with Crippen LogP contribution in [0, 0.1) is 0 Å². The van der Waals surface area contributed by atoms with Gasteiger partial charge < -0.3 is 43.5 Å². The molecule has 1 aromatic carbocycles. The van der Waals surface area contributed by atoms with Crippen LogP contribution in [-0.4, -0.2) is 93.9 Å². The summed E-state index contributed by atoms with van der Waals surface area (Å²) in [6.45, 7) is 11.4. The molecule has 1 aromatic rings. The van der Waals surface area contributed by atoms with E-state index in [2.05, 4.69) is 4.90 Å². The molecular weight excluding hydrogens is 614 g/mol. The van der Waals surface area contributed by atoms with Crippen molar-refractivity contribution in [2.45, 2.75) is 127 Å². The Morgan fingerprint density at radius 2 is 1.72 bits per heavy atom. The molecule has 2 aliphatic carbocycles. The van der Waals surface area contributed by atoms with Crippen molar-refractivity contribution in [2.24, 2.45) is 0 Å². The molecule has 5 rings (SSSR count). The van der Waals surface area contributed by atoms with Gasteiger partial charge in [0.05, 0.1) is 24.0 Å². The number of benzene rings is 1. The Morgan fingerprint density at radius 3 is 2.36 bits per heavy atom. The number of esters is 3. The average molecular weight is 660 g/mol. The fourth-order valence-electron chi connectivity index (χ4n) is 7.20. The van der Waals surface area contributed by atoms with Crippen molar-refractivity contribution in [2.75, 3.05) is 13.6 Å². The summed E-state index contributed by atoms with van der Waals surface area (Å²) < 4.78 is 33.2. The maximum atomic E-state index is 13.5. The molecule has 1 saturated heterocycles. The lowest BCUT2D eigenvalue weighted by Crippen LogP contribution is -2.74. The highest BCUT2D eigenvalue weighted by Crippen LogP contribution is 2.64. The standard InChI is InChI=1S/C34H45NO12/c1-18(28(38)46-31(2,3)4)42-29(39)22(44-30(40)47-32(5,6)7)16-24(37)43-21-11-12-34(41)23-15-19-9-10-20(17-36)26-25(19)33(34,27(21)45-26)13-14-35(23)8/h9-11,18,22-23,27,36,41H,12-17H2,1-8H3/t18-,22-,23+,27-,33-,34+/m0/s1. The van der Waals surface area contributed by atoms with Gasteiger partial charge in [-0.05, 0) is 86.5 Å². The van der Waals surface area contributed by atoms with E-state index in [-0.39, 0.29) is 24.8 Å². The van der Waals surface area contributed by atoms with Gasteiger partial charge in [0.25, 0.3) is 0 Å². The van der Waals surface area contributed by atoms with Crippen LogP contribution in [0.15, 0.2) is 24.0 Å². The number of hydrogen-bond acceptors (Lipinski definition) is 13. The Labute approximate surface area is 274 Å². The molecule has 2 aliphatic heterocycles. The number of aliphatic hydroxyl groups is 2. The summed E-state index contributed by atoms with van der Waals surface area (Å²) >= 11 is 0. The van der Waals surface area contributed by atoms with Crippen LogP contribution < -0.4 is 4.74 Å². The molecule has 2 N–H and O–H groups in total. The summed E-state index contributed by atoms with van der Waals surface area (Å²) in [4.78, 5) is 53.8. The summed E-state index contributed by atoms with van der Waals surface area (Å²) in [5.41, 5.74) is -1.61. The largest absolute Gasteiger partial charge is 0.509 e. The number of aliphatic hydroxyl groups excluding tert-OH is 1. The van der Waals surface area contributed by atoms with Crippen molar-refractivity contribution in [3.8, 4) is 5.75 Å². The van der Waals surface area contributed by atoms with E-state index in [1.165, 1.54) is 6.92 Å². The molecule has 0 aromatic heterocycles. The minimum Gasteiger partial charge on any atom is -0.481 e. The van der Waals surface area contributed by atoms with Gasteiger partial charge in [-0.25, -0.2) is 14.4 Å². The first-order chi connectivity index (χ1) is 21.8. The molecule has 0 radical (unpaired) electrons. The lowest BCUT2D eigenvalue weighted by Gasteiger charge is -2.61. The SMILES string of the molecule is C[C@H](OC(=O)[C@H](CC(=O)OC1=CC[C@@]2(O)[C@H]3Cc4ccc(CO)c5c4[C@@]2(CCN3C)[C@H]1O5)OC(=O)OC(C)(C)C)C(=O)OC(C)(C)C. The van der Waals surface area contributed by atoms with E-state index in [9.17, 15) is 29.4 Å². The maximum absolute atomic E-state index is 13.5. The first kappa shape index (κ1) is 34.6. The molecule has 2 bridgehead atoms. The van der Waals surface area contributed by atoms with E-state index in [0.717, 1.165) is 11.1 Å². The highest BCUT2D eigenvalue weighted by Gasteiger charge is 2.72. The van der Waals surface area contributed by atoms with Crippen molar-refractivity contribution in [3.63, 3.8) is 0 Å². The first-order valence-corrected chi connectivity index (χ1v) is 15.9. The summed E-state index contributed by atoms with van der Waals surface area (Å²) in [7, 11) is 1.97. The van der Waals surface area contributed by atoms with Crippen LogP contribution in [0.3, 0.4) is 0 Å². The second-order valence-corrected chi connectivity index (χ2v) is 14.8. The third-order valence-electron chi connectivity index (χ3n) is 9.13.